The molecule has 0 aliphatic rings. The number of carbonyl (C=O) groups is 1. The lowest BCUT2D eigenvalue weighted by Gasteiger charge is -2.16. The summed E-state index contributed by atoms with van der Waals surface area (Å²) < 4.78 is 5.12. The van der Waals surface area contributed by atoms with Gasteiger partial charge in [-0.05, 0) is 37.1 Å². The fraction of sp³-hybridized carbons (Fsp3) is 0.176. The van der Waals surface area contributed by atoms with Crippen LogP contribution in [0.1, 0.15) is 29.9 Å². The average molecular weight is 280 g/mol. The van der Waals surface area contributed by atoms with Crippen molar-refractivity contribution in [2.45, 2.75) is 19.9 Å². The molecule has 0 aliphatic heterocycles. The zero-order chi connectivity index (χ0) is 15.2. The molecule has 1 amide bonds. The molecule has 1 atom stereocenters. The minimum absolute atomic E-state index is 0.0189. The van der Waals surface area contributed by atoms with E-state index in [1.807, 2.05) is 44.2 Å². The summed E-state index contributed by atoms with van der Waals surface area (Å²) in [4.78, 5) is 12.2. The van der Waals surface area contributed by atoms with Gasteiger partial charge in [0.1, 0.15) is 17.4 Å². The molecular weight excluding hydrogens is 264 g/mol. The monoisotopic (exact) mass is 280 g/mol. The molecule has 4 nitrogen and oxygen atoms in total. The number of hydrogen-bond donors (Lipinski definition) is 1. The topological polar surface area (TPSA) is 66.0 Å². The first-order valence-corrected chi connectivity index (χ1v) is 6.63. The number of nitrogens with zero attached hydrogens (tertiary/aromatic N) is 1. The van der Waals surface area contributed by atoms with Crippen molar-refractivity contribution < 1.29 is 9.21 Å². The maximum Gasteiger partial charge on any atom is 0.262 e. The van der Waals surface area contributed by atoms with Gasteiger partial charge in [0.05, 0.1) is 12.3 Å². The van der Waals surface area contributed by atoms with Gasteiger partial charge >= 0.3 is 0 Å². The van der Waals surface area contributed by atoms with Gasteiger partial charge in [-0.1, -0.05) is 24.3 Å². The quantitative estimate of drug-likeness (QED) is 0.689. The average Bonchev–Trinajstić information content (AvgIpc) is 2.98. The minimum atomic E-state index is -0.412. The van der Waals surface area contributed by atoms with E-state index in [2.05, 4.69) is 5.32 Å². The first-order valence-electron chi connectivity index (χ1n) is 6.63. The molecule has 0 aliphatic carbocycles. The third kappa shape index (κ3) is 3.61. The number of hydrogen-bond acceptors (Lipinski definition) is 3. The van der Waals surface area contributed by atoms with Crippen LogP contribution in [0.4, 0.5) is 0 Å². The van der Waals surface area contributed by atoms with Crippen molar-refractivity contribution in [3.63, 3.8) is 0 Å². The van der Waals surface area contributed by atoms with Crippen molar-refractivity contribution in [1.82, 2.24) is 5.32 Å². The van der Waals surface area contributed by atoms with E-state index < -0.39 is 5.91 Å². The molecule has 2 aromatic rings. The van der Waals surface area contributed by atoms with Crippen molar-refractivity contribution in [3.8, 4) is 6.07 Å². The molecule has 0 spiro atoms. The Kier molecular flexibility index (Phi) is 4.57. The number of nitrogens with one attached hydrogen (secondary N) is 1. The zero-order valence-electron chi connectivity index (χ0n) is 12.0. The van der Waals surface area contributed by atoms with Gasteiger partial charge in [-0.3, -0.25) is 4.79 Å². The number of rotatable bonds is 4. The fourth-order valence-corrected chi connectivity index (χ4v) is 2.09. The molecule has 2 rings (SSSR count). The summed E-state index contributed by atoms with van der Waals surface area (Å²) >= 11 is 0. The summed E-state index contributed by atoms with van der Waals surface area (Å²) in [5.41, 5.74) is 2.14. The second-order valence-electron chi connectivity index (χ2n) is 4.74. The number of furan rings is 1. The van der Waals surface area contributed by atoms with Crippen LogP contribution in [0.5, 0.6) is 0 Å². The Labute approximate surface area is 123 Å². The molecule has 1 heterocycles. The molecule has 1 aromatic heterocycles. The van der Waals surface area contributed by atoms with E-state index >= 15 is 0 Å². The third-order valence-electron chi connectivity index (χ3n) is 3.20. The summed E-state index contributed by atoms with van der Waals surface area (Å²) in [5, 5.41) is 11.9. The van der Waals surface area contributed by atoms with Gasteiger partial charge in [-0.2, -0.15) is 5.26 Å². The molecule has 21 heavy (non-hydrogen) atoms. The normalized spacial score (nSPS) is 12.5. The van der Waals surface area contributed by atoms with Gasteiger partial charge in [-0.25, -0.2) is 0 Å². The van der Waals surface area contributed by atoms with Crippen LogP contribution in [-0.4, -0.2) is 5.91 Å². The molecular formula is C17H16N2O2. The lowest BCUT2D eigenvalue weighted by atomic mass is 10.0. The fourth-order valence-electron chi connectivity index (χ4n) is 2.09. The summed E-state index contributed by atoms with van der Waals surface area (Å²) in [5.74, 6) is 0.0647. The van der Waals surface area contributed by atoms with Crippen LogP contribution in [0.2, 0.25) is 0 Å². The standard InChI is InChI=1S/C17H16N2O2/c1-12-6-3-4-8-16(12)13(2)19-17(20)14(11-18)10-15-7-5-9-21-15/h3-10,13H,1-2H3,(H,19,20). The first kappa shape index (κ1) is 14.6. The number of aryl methyl sites for hydroxylation is 1. The molecule has 0 saturated heterocycles. The molecule has 1 unspecified atom stereocenters. The van der Waals surface area contributed by atoms with Gasteiger partial charge in [-0.15, -0.1) is 0 Å². The van der Waals surface area contributed by atoms with Crippen LogP contribution >= 0.6 is 0 Å². The van der Waals surface area contributed by atoms with E-state index in [1.54, 1.807) is 12.1 Å². The Morgan fingerprint density at radius 1 is 1.33 bits per heavy atom. The highest BCUT2D eigenvalue weighted by Crippen LogP contribution is 2.17. The molecule has 1 N–H and O–H groups in total. The van der Waals surface area contributed by atoms with E-state index in [0.29, 0.717) is 5.76 Å². The predicted molar refractivity (Wildman–Crippen MR) is 80.0 cm³/mol. The highest BCUT2D eigenvalue weighted by molar-refractivity contribution is 6.01. The minimum Gasteiger partial charge on any atom is -0.465 e. The molecule has 4 heteroatoms. The van der Waals surface area contributed by atoms with E-state index in [0.717, 1.165) is 11.1 Å². The summed E-state index contributed by atoms with van der Waals surface area (Å²) in [6.45, 7) is 3.88. The summed E-state index contributed by atoms with van der Waals surface area (Å²) in [6.07, 6.45) is 2.93. The molecule has 0 radical (unpaired) electrons. The van der Waals surface area contributed by atoms with Crippen LogP contribution in [0.15, 0.2) is 52.7 Å². The zero-order valence-corrected chi connectivity index (χ0v) is 12.0. The van der Waals surface area contributed by atoms with Gasteiger partial charge in [0, 0.05) is 6.08 Å². The molecule has 1 aromatic carbocycles. The number of amides is 1. The maximum absolute atomic E-state index is 12.2. The second-order valence-corrected chi connectivity index (χ2v) is 4.74. The van der Waals surface area contributed by atoms with E-state index in [-0.39, 0.29) is 11.6 Å². The van der Waals surface area contributed by atoms with Crippen molar-refractivity contribution in [1.29, 1.82) is 5.26 Å². The third-order valence-corrected chi connectivity index (χ3v) is 3.20. The van der Waals surface area contributed by atoms with Crippen LogP contribution in [0.25, 0.3) is 6.08 Å². The van der Waals surface area contributed by atoms with E-state index in [1.165, 1.54) is 12.3 Å². The molecule has 106 valence electrons. The molecule has 0 fully saturated rings. The Morgan fingerprint density at radius 3 is 2.71 bits per heavy atom. The van der Waals surface area contributed by atoms with E-state index in [4.69, 9.17) is 9.68 Å². The van der Waals surface area contributed by atoms with Crippen LogP contribution in [0, 0.1) is 18.3 Å². The van der Waals surface area contributed by atoms with Crippen LogP contribution < -0.4 is 5.32 Å². The predicted octanol–water partition coefficient (Wildman–Crippen LogP) is 3.37. The Balaban J connectivity index is 2.14. The van der Waals surface area contributed by atoms with Crippen molar-refractivity contribution in [3.05, 3.63) is 65.1 Å². The lowest BCUT2D eigenvalue weighted by Crippen LogP contribution is -2.28. The SMILES string of the molecule is Cc1ccccc1C(C)NC(=O)C(C#N)=Cc1ccco1. The van der Waals surface area contributed by atoms with E-state index in [9.17, 15) is 4.79 Å². The summed E-state index contributed by atoms with van der Waals surface area (Å²) in [6, 6.07) is 12.9. The highest BCUT2D eigenvalue weighted by Gasteiger charge is 2.15. The van der Waals surface area contributed by atoms with Crippen molar-refractivity contribution >= 4 is 12.0 Å². The summed E-state index contributed by atoms with van der Waals surface area (Å²) in [7, 11) is 0. The van der Waals surface area contributed by atoms with Gasteiger partial charge in [0.2, 0.25) is 0 Å². The molecule has 0 saturated carbocycles. The van der Waals surface area contributed by atoms with Crippen LogP contribution in [-0.2, 0) is 4.79 Å². The maximum atomic E-state index is 12.2. The first-order chi connectivity index (χ1) is 10.1. The van der Waals surface area contributed by atoms with Gasteiger partial charge in [0.15, 0.2) is 0 Å². The Bertz CT molecular complexity index is 694. The van der Waals surface area contributed by atoms with Gasteiger partial charge < -0.3 is 9.73 Å². The Morgan fingerprint density at radius 2 is 2.10 bits per heavy atom. The van der Waals surface area contributed by atoms with Crippen molar-refractivity contribution in [2.75, 3.05) is 0 Å². The highest BCUT2D eigenvalue weighted by atomic mass is 16.3. The Hall–Kier alpha value is -2.80. The lowest BCUT2D eigenvalue weighted by molar-refractivity contribution is -0.117. The molecule has 0 bridgehead atoms. The van der Waals surface area contributed by atoms with Crippen LogP contribution in [0.3, 0.4) is 0 Å². The second kappa shape index (κ2) is 6.58. The smallest absolute Gasteiger partial charge is 0.262 e. The van der Waals surface area contributed by atoms with Crippen molar-refractivity contribution in [2.24, 2.45) is 0 Å². The van der Waals surface area contributed by atoms with Gasteiger partial charge in [0.25, 0.3) is 5.91 Å². The number of nitriles is 1. The number of benzene rings is 1. The number of carbonyl (C=O) groups excluding carboxylic acids is 1. The largest absolute Gasteiger partial charge is 0.465 e.